The fraction of sp³-hybridized carbons (Fsp3) is 0.846. The van der Waals surface area contributed by atoms with Gasteiger partial charge in [-0.25, -0.2) is 0 Å². The van der Waals surface area contributed by atoms with Crippen LogP contribution in [0.25, 0.3) is 0 Å². The molecule has 0 aromatic carbocycles. The highest BCUT2D eigenvalue weighted by molar-refractivity contribution is 4.96. The van der Waals surface area contributed by atoms with Crippen molar-refractivity contribution >= 4 is 0 Å². The maximum atomic E-state index is 3.87. The molecular weight excluding hydrogens is 170 g/mol. The first-order valence-electron chi connectivity index (χ1n) is 6.18. The lowest BCUT2D eigenvalue weighted by molar-refractivity contribution is 0.309. The molecule has 0 amide bonds. The molecule has 1 nitrogen and oxygen atoms in total. The van der Waals surface area contributed by atoms with Crippen LogP contribution in [-0.4, -0.2) is 12.1 Å². The minimum atomic E-state index is 0.757. The van der Waals surface area contributed by atoms with Crippen molar-refractivity contribution in [2.75, 3.05) is 0 Å². The molecule has 2 atom stereocenters. The number of allylic oxidation sites excluding steroid dienone is 1. The molecule has 1 heteroatoms. The van der Waals surface area contributed by atoms with E-state index in [0.717, 1.165) is 23.9 Å². The standard InChI is InChI=1S/C13H23N/c1-10(2)13(11-8-9-11)14-12-6-4-3-5-7-12/h3-4,10-14H,5-9H2,1-2H3. The van der Waals surface area contributed by atoms with Gasteiger partial charge in [0.2, 0.25) is 0 Å². The Morgan fingerprint density at radius 1 is 1.14 bits per heavy atom. The zero-order valence-electron chi connectivity index (χ0n) is 9.50. The maximum Gasteiger partial charge on any atom is 0.0121 e. The van der Waals surface area contributed by atoms with E-state index in [0.29, 0.717) is 0 Å². The predicted molar refractivity (Wildman–Crippen MR) is 61.3 cm³/mol. The summed E-state index contributed by atoms with van der Waals surface area (Å²) in [4.78, 5) is 0. The summed E-state index contributed by atoms with van der Waals surface area (Å²) >= 11 is 0. The maximum absolute atomic E-state index is 3.87. The summed E-state index contributed by atoms with van der Waals surface area (Å²) in [5.41, 5.74) is 0. The third-order valence-corrected chi connectivity index (χ3v) is 3.55. The minimum absolute atomic E-state index is 0.757. The number of rotatable bonds is 4. The van der Waals surface area contributed by atoms with Crippen LogP contribution >= 0.6 is 0 Å². The molecule has 0 spiro atoms. The van der Waals surface area contributed by atoms with Gasteiger partial charge in [0.15, 0.2) is 0 Å². The van der Waals surface area contributed by atoms with Gasteiger partial charge in [-0.05, 0) is 43.9 Å². The van der Waals surface area contributed by atoms with Crippen molar-refractivity contribution in [2.24, 2.45) is 11.8 Å². The van der Waals surface area contributed by atoms with Gasteiger partial charge in [0.25, 0.3) is 0 Å². The topological polar surface area (TPSA) is 12.0 Å². The van der Waals surface area contributed by atoms with Crippen LogP contribution in [0, 0.1) is 11.8 Å². The van der Waals surface area contributed by atoms with Gasteiger partial charge in [0, 0.05) is 12.1 Å². The zero-order chi connectivity index (χ0) is 9.97. The molecular formula is C13H23N. The highest BCUT2D eigenvalue weighted by Gasteiger charge is 2.34. The normalized spacial score (nSPS) is 29.5. The van der Waals surface area contributed by atoms with Gasteiger partial charge in [-0.3, -0.25) is 0 Å². The van der Waals surface area contributed by atoms with Crippen LogP contribution in [0.2, 0.25) is 0 Å². The Labute approximate surface area is 88.0 Å². The van der Waals surface area contributed by atoms with Crippen molar-refractivity contribution in [1.29, 1.82) is 0 Å². The van der Waals surface area contributed by atoms with Crippen molar-refractivity contribution in [3.63, 3.8) is 0 Å². The lowest BCUT2D eigenvalue weighted by atomic mass is 9.95. The molecule has 2 aliphatic carbocycles. The largest absolute Gasteiger partial charge is 0.310 e. The Balaban J connectivity index is 1.83. The van der Waals surface area contributed by atoms with Crippen LogP contribution in [0.4, 0.5) is 0 Å². The molecule has 0 heterocycles. The molecule has 0 aliphatic heterocycles. The molecule has 0 aromatic heterocycles. The third kappa shape index (κ3) is 2.60. The highest BCUT2D eigenvalue weighted by Crippen LogP contribution is 2.36. The Bertz CT molecular complexity index is 201. The smallest absolute Gasteiger partial charge is 0.0121 e. The number of hydrogen-bond acceptors (Lipinski definition) is 1. The van der Waals surface area contributed by atoms with E-state index in [1.807, 2.05) is 0 Å². The van der Waals surface area contributed by atoms with E-state index in [1.54, 1.807) is 0 Å². The second-order valence-corrected chi connectivity index (χ2v) is 5.26. The van der Waals surface area contributed by atoms with E-state index >= 15 is 0 Å². The fourth-order valence-corrected chi connectivity index (χ4v) is 2.55. The Kier molecular flexibility index (Phi) is 3.27. The van der Waals surface area contributed by atoms with Gasteiger partial charge in [-0.15, -0.1) is 0 Å². The summed E-state index contributed by atoms with van der Waals surface area (Å²) in [6, 6.07) is 1.54. The summed E-state index contributed by atoms with van der Waals surface area (Å²) in [7, 11) is 0. The fourth-order valence-electron chi connectivity index (χ4n) is 2.55. The molecule has 0 aromatic rings. The van der Waals surface area contributed by atoms with Crippen LogP contribution in [0.15, 0.2) is 12.2 Å². The van der Waals surface area contributed by atoms with E-state index in [1.165, 1.54) is 32.1 Å². The first-order valence-corrected chi connectivity index (χ1v) is 6.18. The van der Waals surface area contributed by atoms with Crippen molar-refractivity contribution < 1.29 is 0 Å². The van der Waals surface area contributed by atoms with Crippen LogP contribution in [-0.2, 0) is 0 Å². The molecule has 14 heavy (non-hydrogen) atoms. The van der Waals surface area contributed by atoms with Crippen LogP contribution < -0.4 is 5.32 Å². The average molecular weight is 193 g/mol. The Morgan fingerprint density at radius 3 is 2.43 bits per heavy atom. The first-order chi connectivity index (χ1) is 6.77. The number of hydrogen-bond donors (Lipinski definition) is 1. The van der Waals surface area contributed by atoms with Gasteiger partial charge in [-0.2, -0.15) is 0 Å². The zero-order valence-corrected chi connectivity index (χ0v) is 9.50. The quantitative estimate of drug-likeness (QED) is 0.676. The molecule has 0 bridgehead atoms. The van der Waals surface area contributed by atoms with Crippen LogP contribution in [0.5, 0.6) is 0 Å². The summed E-state index contributed by atoms with van der Waals surface area (Å²) < 4.78 is 0. The lowest BCUT2D eigenvalue weighted by Gasteiger charge is -2.29. The predicted octanol–water partition coefficient (Wildman–Crippen LogP) is 3.12. The SMILES string of the molecule is CC(C)C(NC1CC=CCC1)C1CC1. The molecule has 1 N–H and O–H groups in total. The van der Waals surface area contributed by atoms with Crippen molar-refractivity contribution in [3.05, 3.63) is 12.2 Å². The van der Waals surface area contributed by atoms with Crippen LogP contribution in [0.3, 0.4) is 0 Å². The Hall–Kier alpha value is -0.300. The van der Waals surface area contributed by atoms with Gasteiger partial charge in [-0.1, -0.05) is 26.0 Å². The van der Waals surface area contributed by atoms with Crippen molar-refractivity contribution in [3.8, 4) is 0 Å². The molecule has 0 radical (unpaired) electrons. The van der Waals surface area contributed by atoms with E-state index in [4.69, 9.17) is 0 Å². The van der Waals surface area contributed by atoms with Gasteiger partial charge < -0.3 is 5.32 Å². The molecule has 2 unspecified atom stereocenters. The van der Waals surface area contributed by atoms with E-state index < -0.39 is 0 Å². The van der Waals surface area contributed by atoms with E-state index in [-0.39, 0.29) is 0 Å². The second kappa shape index (κ2) is 4.48. The summed E-state index contributed by atoms with van der Waals surface area (Å²) in [5, 5.41) is 3.87. The van der Waals surface area contributed by atoms with E-state index in [9.17, 15) is 0 Å². The summed E-state index contributed by atoms with van der Waals surface area (Å²) in [6.45, 7) is 4.71. The molecule has 2 rings (SSSR count). The van der Waals surface area contributed by atoms with Crippen molar-refractivity contribution in [1.82, 2.24) is 5.32 Å². The third-order valence-electron chi connectivity index (χ3n) is 3.55. The molecule has 2 aliphatic rings. The van der Waals surface area contributed by atoms with E-state index in [2.05, 4.69) is 31.3 Å². The number of nitrogens with one attached hydrogen (secondary N) is 1. The summed E-state index contributed by atoms with van der Waals surface area (Å²) in [6.07, 6.45) is 11.4. The van der Waals surface area contributed by atoms with Crippen molar-refractivity contribution in [2.45, 2.75) is 58.0 Å². The molecule has 80 valence electrons. The second-order valence-electron chi connectivity index (χ2n) is 5.26. The Morgan fingerprint density at radius 2 is 1.93 bits per heavy atom. The van der Waals surface area contributed by atoms with Crippen LogP contribution in [0.1, 0.15) is 46.0 Å². The highest BCUT2D eigenvalue weighted by atomic mass is 15.0. The average Bonchev–Trinajstić information content (AvgIpc) is 2.99. The molecule has 0 saturated heterocycles. The van der Waals surface area contributed by atoms with Gasteiger partial charge >= 0.3 is 0 Å². The summed E-state index contributed by atoms with van der Waals surface area (Å²) in [5.74, 6) is 1.79. The first kappa shape index (κ1) is 10.2. The lowest BCUT2D eigenvalue weighted by Crippen LogP contribution is -2.43. The molecule has 1 saturated carbocycles. The monoisotopic (exact) mass is 193 g/mol. The minimum Gasteiger partial charge on any atom is -0.310 e. The molecule has 1 fully saturated rings. The van der Waals surface area contributed by atoms with Gasteiger partial charge in [0.05, 0.1) is 0 Å². The van der Waals surface area contributed by atoms with Gasteiger partial charge in [0.1, 0.15) is 0 Å².